The molecule has 2 aromatic carbocycles. The third-order valence-electron chi connectivity index (χ3n) is 5.78. The third-order valence-corrected chi connectivity index (χ3v) is 6.17. The number of carboxylic acid groups (broad SMARTS) is 1. The van der Waals surface area contributed by atoms with Crippen LogP contribution >= 0.6 is 11.6 Å². The highest BCUT2D eigenvalue weighted by molar-refractivity contribution is 6.34. The minimum atomic E-state index is -4.69. The standard InChI is InChI=1S/C23H23ClF6O3/c1-4-14(5-2)21(3,20(31)32)16-10-17(13-6-8-15(9-7-13)23(28,29)30)19(24)18(11-16)33-12-22(25,26)27/h6-11,14H,4-5,12H2,1-3H3,(H,31,32)/p-1. The number of hydrogen-bond acceptors (Lipinski definition) is 3. The first-order valence-corrected chi connectivity index (χ1v) is 10.5. The van der Waals surface area contributed by atoms with Crippen molar-refractivity contribution >= 4 is 17.6 Å². The molecule has 3 nitrogen and oxygen atoms in total. The fourth-order valence-corrected chi connectivity index (χ4v) is 4.11. The lowest BCUT2D eigenvalue weighted by Crippen LogP contribution is -2.48. The molecule has 0 fully saturated rings. The maximum absolute atomic E-state index is 12.9. The molecule has 0 aliphatic heterocycles. The summed E-state index contributed by atoms with van der Waals surface area (Å²) in [7, 11) is 0. The van der Waals surface area contributed by atoms with Crippen LogP contribution < -0.4 is 9.84 Å². The fraction of sp³-hybridized carbons (Fsp3) is 0.435. The summed E-state index contributed by atoms with van der Waals surface area (Å²) in [4.78, 5) is 12.2. The number of rotatable bonds is 8. The summed E-state index contributed by atoms with van der Waals surface area (Å²) in [5.74, 6) is -2.32. The largest absolute Gasteiger partial charge is 0.549 e. The van der Waals surface area contributed by atoms with Gasteiger partial charge in [-0.3, -0.25) is 0 Å². The molecular formula is C23H22ClF6O3-. The van der Waals surface area contributed by atoms with Crippen molar-refractivity contribution in [2.24, 2.45) is 5.92 Å². The lowest BCUT2D eigenvalue weighted by molar-refractivity contribution is -0.315. The van der Waals surface area contributed by atoms with E-state index in [-0.39, 0.29) is 21.7 Å². The molecule has 0 aliphatic rings. The Labute approximate surface area is 192 Å². The lowest BCUT2D eigenvalue weighted by atomic mass is 9.69. The molecule has 0 aromatic heterocycles. The van der Waals surface area contributed by atoms with Crippen LogP contribution in [0.1, 0.15) is 44.7 Å². The average molecular weight is 496 g/mol. The van der Waals surface area contributed by atoms with Crippen LogP contribution in [0.4, 0.5) is 26.3 Å². The average Bonchev–Trinajstić information content (AvgIpc) is 2.72. The molecule has 0 spiro atoms. The Morgan fingerprint density at radius 1 is 1.00 bits per heavy atom. The van der Waals surface area contributed by atoms with Gasteiger partial charge in [-0.2, -0.15) is 26.3 Å². The van der Waals surface area contributed by atoms with Crippen LogP contribution in [0.15, 0.2) is 36.4 Å². The number of hydrogen-bond donors (Lipinski definition) is 0. The molecule has 0 N–H and O–H groups in total. The summed E-state index contributed by atoms with van der Waals surface area (Å²) in [6.07, 6.45) is -8.43. The number of aliphatic carboxylic acids is 1. The highest BCUT2D eigenvalue weighted by Crippen LogP contribution is 2.44. The molecule has 33 heavy (non-hydrogen) atoms. The van der Waals surface area contributed by atoms with Gasteiger partial charge in [0.25, 0.3) is 0 Å². The number of carboxylic acids is 1. The van der Waals surface area contributed by atoms with E-state index in [9.17, 15) is 36.2 Å². The van der Waals surface area contributed by atoms with Gasteiger partial charge in [0.2, 0.25) is 0 Å². The molecule has 10 heteroatoms. The SMILES string of the molecule is CCC(CC)C(C)(C(=O)[O-])c1cc(OCC(F)(F)F)c(Cl)c(-c2ccc(C(F)(F)F)cc2)c1. The minimum absolute atomic E-state index is 0.0403. The zero-order valence-corrected chi connectivity index (χ0v) is 18.8. The van der Waals surface area contributed by atoms with Crippen LogP contribution in [-0.4, -0.2) is 18.8 Å². The second-order valence-corrected chi connectivity index (χ2v) is 8.20. The summed E-state index contributed by atoms with van der Waals surface area (Å²) in [6.45, 7) is 3.25. The van der Waals surface area contributed by atoms with Crippen molar-refractivity contribution in [1.29, 1.82) is 0 Å². The molecule has 0 aliphatic carbocycles. The normalized spacial score (nSPS) is 14.3. The van der Waals surface area contributed by atoms with E-state index in [0.717, 1.165) is 30.3 Å². The molecule has 0 radical (unpaired) electrons. The molecule has 2 rings (SSSR count). The van der Waals surface area contributed by atoms with Gasteiger partial charge in [-0.25, -0.2) is 0 Å². The van der Waals surface area contributed by atoms with E-state index in [2.05, 4.69) is 0 Å². The van der Waals surface area contributed by atoms with Crippen molar-refractivity contribution in [3.8, 4) is 16.9 Å². The fourth-order valence-electron chi connectivity index (χ4n) is 3.84. The highest BCUT2D eigenvalue weighted by atomic mass is 35.5. The van der Waals surface area contributed by atoms with Gasteiger partial charge in [0, 0.05) is 11.0 Å². The highest BCUT2D eigenvalue weighted by Gasteiger charge is 2.37. The van der Waals surface area contributed by atoms with Gasteiger partial charge < -0.3 is 14.6 Å². The summed E-state index contributed by atoms with van der Waals surface area (Å²) in [5.41, 5.74) is -2.28. The van der Waals surface area contributed by atoms with Crippen LogP contribution in [0, 0.1) is 5.92 Å². The van der Waals surface area contributed by atoms with E-state index >= 15 is 0 Å². The Bertz CT molecular complexity index is 981. The first kappa shape index (κ1) is 26.8. The first-order chi connectivity index (χ1) is 15.1. The van der Waals surface area contributed by atoms with Gasteiger partial charge in [-0.1, -0.05) is 50.4 Å². The Morgan fingerprint density at radius 3 is 1.97 bits per heavy atom. The molecular weight excluding hydrogens is 474 g/mol. The van der Waals surface area contributed by atoms with E-state index in [0.29, 0.717) is 12.8 Å². The third kappa shape index (κ3) is 5.93. The van der Waals surface area contributed by atoms with Crippen LogP contribution in [0.2, 0.25) is 5.02 Å². The van der Waals surface area contributed by atoms with E-state index in [1.807, 2.05) is 0 Å². The van der Waals surface area contributed by atoms with Crippen molar-refractivity contribution in [2.75, 3.05) is 6.61 Å². The van der Waals surface area contributed by atoms with Crippen molar-refractivity contribution in [2.45, 2.75) is 51.4 Å². The smallest absolute Gasteiger partial charge is 0.422 e. The molecule has 1 unspecified atom stereocenters. The van der Waals surface area contributed by atoms with Gasteiger partial charge in [-0.05, 0) is 48.2 Å². The van der Waals surface area contributed by atoms with E-state index < -0.39 is 47.6 Å². The second kappa shape index (κ2) is 9.83. The molecule has 2 aromatic rings. The number of alkyl halides is 6. The molecule has 182 valence electrons. The van der Waals surface area contributed by atoms with Gasteiger partial charge in [-0.15, -0.1) is 0 Å². The Balaban J connectivity index is 2.75. The Morgan fingerprint density at radius 2 is 1.55 bits per heavy atom. The van der Waals surface area contributed by atoms with Gasteiger partial charge in [0.1, 0.15) is 5.75 Å². The van der Waals surface area contributed by atoms with E-state index in [4.69, 9.17) is 16.3 Å². The van der Waals surface area contributed by atoms with Crippen molar-refractivity contribution in [3.05, 3.63) is 52.5 Å². The van der Waals surface area contributed by atoms with Crippen molar-refractivity contribution in [3.63, 3.8) is 0 Å². The quantitative estimate of drug-likeness (QED) is 0.398. The molecule has 0 saturated carbocycles. The maximum Gasteiger partial charge on any atom is 0.422 e. The van der Waals surface area contributed by atoms with Crippen molar-refractivity contribution in [1.82, 2.24) is 0 Å². The summed E-state index contributed by atoms with van der Waals surface area (Å²) in [6, 6.07) is 6.28. The van der Waals surface area contributed by atoms with Gasteiger partial charge in [0.15, 0.2) is 6.61 Å². The van der Waals surface area contributed by atoms with Gasteiger partial charge >= 0.3 is 12.4 Å². The topological polar surface area (TPSA) is 49.4 Å². The minimum Gasteiger partial charge on any atom is -0.549 e. The van der Waals surface area contributed by atoms with E-state index in [1.54, 1.807) is 13.8 Å². The summed E-state index contributed by atoms with van der Waals surface area (Å²) >= 11 is 6.27. The summed E-state index contributed by atoms with van der Waals surface area (Å²) < 4.78 is 82.0. The van der Waals surface area contributed by atoms with Crippen LogP contribution in [0.3, 0.4) is 0 Å². The maximum atomic E-state index is 12.9. The van der Waals surface area contributed by atoms with Crippen LogP contribution in [-0.2, 0) is 16.4 Å². The number of carbonyl (C=O) groups is 1. The molecule has 0 amide bonds. The van der Waals surface area contributed by atoms with Crippen LogP contribution in [0.25, 0.3) is 11.1 Å². The van der Waals surface area contributed by atoms with Crippen molar-refractivity contribution < 1.29 is 41.0 Å². The van der Waals surface area contributed by atoms with Crippen LogP contribution in [0.5, 0.6) is 5.75 Å². The Kier molecular flexibility index (Phi) is 7.99. The molecule has 0 heterocycles. The number of halogens is 7. The first-order valence-electron chi connectivity index (χ1n) is 10.1. The summed E-state index contributed by atoms with van der Waals surface area (Å²) in [5, 5.41) is 11.9. The number of carbonyl (C=O) groups excluding carboxylic acids is 1. The zero-order chi connectivity index (χ0) is 25.2. The Hall–Kier alpha value is -2.42. The molecule has 0 bridgehead atoms. The van der Waals surface area contributed by atoms with E-state index in [1.165, 1.54) is 13.0 Å². The predicted molar refractivity (Wildman–Crippen MR) is 110 cm³/mol. The number of benzene rings is 2. The predicted octanol–water partition coefficient (Wildman–Crippen LogP) is 6.41. The monoisotopic (exact) mass is 495 g/mol. The number of ether oxygens (including phenoxy) is 1. The van der Waals surface area contributed by atoms with Gasteiger partial charge in [0.05, 0.1) is 16.6 Å². The second-order valence-electron chi connectivity index (χ2n) is 7.82. The lowest BCUT2D eigenvalue weighted by Gasteiger charge is -2.39. The molecule has 1 atom stereocenters. The zero-order valence-electron chi connectivity index (χ0n) is 18.0. The molecule has 0 saturated heterocycles.